The van der Waals surface area contributed by atoms with Crippen LogP contribution in [0.2, 0.25) is 0 Å². The second kappa shape index (κ2) is 6.38. The first-order chi connectivity index (χ1) is 9.70. The van der Waals surface area contributed by atoms with Gasteiger partial charge in [-0.1, -0.05) is 18.2 Å². The molecular formula is C15H14N2O3. The predicted molar refractivity (Wildman–Crippen MR) is 74.7 cm³/mol. The lowest BCUT2D eigenvalue weighted by Crippen LogP contribution is -2.33. The summed E-state index contributed by atoms with van der Waals surface area (Å²) in [6.45, 7) is 0. The largest absolute Gasteiger partial charge is 0.465 e. The second-order valence-corrected chi connectivity index (χ2v) is 3.97. The molecule has 1 heterocycles. The summed E-state index contributed by atoms with van der Waals surface area (Å²) in [6, 6.07) is 12.1. The molecule has 0 unspecified atom stereocenters. The number of amides is 2. The number of furan rings is 1. The fourth-order valence-electron chi connectivity index (χ4n) is 1.59. The molecule has 2 N–H and O–H groups in total. The Labute approximate surface area is 116 Å². The molecule has 5 heteroatoms. The Morgan fingerprint density at radius 1 is 1.10 bits per heavy atom. The smallest absolute Gasteiger partial charge is 0.267 e. The zero-order valence-corrected chi connectivity index (χ0v) is 10.9. The van der Waals surface area contributed by atoms with Gasteiger partial charge in [0.05, 0.1) is 6.26 Å². The van der Waals surface area contributed by atoms with Crippen molar-refractivity contribution in [1.29, 1.82) is 0 Å². The summed E-state index contributed by atoms with van der Waals surface area (Å²) in [5.74, 6) is -0.269. The maximum absolute atomic E-state index is 12.0. The lowest BCUT2D eigenvalue weighted by Gasteiger charge is -2.08. The quantitative estimate of drug-likeness (QED) is 0.832. The number of hydrogen-bond acceptors (Lipinski definition) is 3. The van der Waals surface area contributed by atoms with Gasteiger partial charge in [0.1, 0.15) is 11.5 Å². The van der Waals surface area contributed by atoms with Gasteiger partial charge in [0.15, 0.2) is 0 Å². The number of likely N-dealkylation sites (N-methyl/N-ethyl adjacent to an activating group) is 1. The van der Waals surface area contributed by atoms with Crippen LogP contribution in [0.1, 0.15) is 16.1 Å². The minimum absolute atomic E-state index is 0.122. The molecule has 0 aliphatic carbocycles. The van der Waals surface area contributed by atoms with Crippen molar-refractivity contribution in [2.24, 2.45) is 0 Å². The van der Waals surface area contributed by atoms with Crippen LogP contribution in [-0.2, 0) is 4.79 Å². The van der Waals surface area contributed by atoms with Crippen LogP contribution in [0.15, 0.2) is 58.8 Å². The zero-order chi connectivity index (χ0) is 14.4. The van der Waals surface area contributed by atoms with E-state index in [0.717, 1.165) is 0 Å². The fourth-order valence-corrected chi connectivity index (χ4v) is 1.59. The van der Waals surface area contributed by atoms with E-state index in [4.69, 9.17) is 4.42 Å². The Balaban J connectivity index is 2.21. The van der Waals surface area contributed by atoms with Crippen LogP contribution in [-0.4, -0.2) is 18.9 Å². The molecule has 0 bridgehead atoms. The van der Waals surface area contributed by atoms with Crippen molar-refractivity contribution in [1.82, 2.24) is 10.6 Å². The fraction of sp³-hybridized carbons (Fsp3) is 0.0667. The third-order valence-electron chi connectivity index (χ3n) is 2.59. The molecule has 20 heavy (non-hydrogen) atoms. The molecule has 1 aromatic carbocycles. The van der Waals surface area contributed by atoms with Crippen molar-refractivity contribution >= 4 is 17.9 Å². The Morgan fingerprint density at radius 2 is 1.85 bits per heavy atom. The Morgan fingerprint density at radius 3 is 2.45 bits per heavy atom. The zero-order valence-electron chi connectivity index (χ0n) is 10.9. The predicted octanol–water partition coefficient (Wildman–Crippen LogP) is 1.80. The van der Waals surface area contributed by atoms with Gasteiger partial charge in [-0.15, -0.1) is 0 Å². The number of nitrogens with one attached hydrogen (secondary N) is 2. The molecule has 2 rings (SSSR count). The number of hydrogen-bond donors (Lipinski definition) is 2. The van der Waals surface area contributed by atoms with Gasteiger partial charge in [0.25, 0.3) is 11.8 Å². The van der Waals surface area contributed by atoms with E-state index in [2.05, 4.69) is 10.6 Å². The Bertz CT molecular complexity index is 616. The molecule has 1 aromatic heterocycles. The molecule has 0 radical (unpaired) electrons. The lowest BCUT2D eigenvalue weighted by molar-refractivity contribution is -0.117. The number of carbonyl (C=O) groups excluding carboxylic acids is 2. The highest BCUT2D eigenvalue weighted by molar-refractivity contribution is 6.04. The van der Waals surface area contributed by atoms with Crippen LogP contribution in [0.4, 0.5) is 0 Å². The Hall–Kier alpha value is -2.82. The van der Waals surface area contributed by atoms with Gasteiger partial charge in [0, 0.05) is 18.7 Å². The van der Waals surface area contributed by atoms with E-state index in [0.29, 0.717) is 11.3 Å². The van der Waals surface area contributed by atoms with Crippen molar-refractivity contribution in [3.63, 3.8) is 0 Å². The first-order valence-corrected chi connectivity index (χ1v) is 6.04. The molecule has 0 aliphatic heterocycles. The number of rotatable bonds is 4. The van der Waals surface area contributed by atoms with E-state index >= 15 is 0 Å². The first-order valence-electron chi connectivity index (χ1n) is 6.04. The standard InChI is InChI=1S/C15H14N2O3/c1-16-15(19)13(10-12-8-5-9-20-12)17-14(18)11-6-3-2-4-7-11/h2-10H,1H3,(H,16,19)(H,17,18). The van der Waals surface area contributed by atoms with Gasteiger partial charge in [-0.25, -0.2) is 0 Å². The third kappa shape index (κ3) is 3.35. The summed E-state index contributed by atoms with van der Waals surface area (Å²) < 4.78 is 5.14. The van der Waals surface area contributed by atoms with Crippen molar-refractivity contribution in [3.8, 4) is 0 Å². The van der Waals surface area contributed by atoms with Crippen LogP contribution in [0.3, 0.4) is 0 Å². The maximum Gasteiger partial charge on any atom is 0.267 e. The summed E-state index contributed by atoms with van der Waals surface area (Å²) in [5.41, 5.74) is 0.595. The van der Waals surface area contributed by atoms with Crippen molar-refractivity contribution in [2.45, 2.75) is 0 Å². The highest BCUT2D eigenvalue weighted by Gasteiger charge is 2.13. The maximum atomic E-state index is 12.0. The van der Waals surface area contributed by atoms with E-state index < -0.39 is 5.91 Å². The van der Waals surface area contributed by atoms with Crippen molar-refractivity contribution in [3.05, 3.63) is 65.7 Å². The molecule has 0 atom stereocenters. The summed E-state index contributed by atoms with van der Waals surface area (Å²) in [5, 5.41) is 5.04. The van der Waals surface area contributed by atoms with Gasteiger partial charge in [-0.3, -0.25) is 9.59 Å². The average molecular weight is 270 g/mol. The molecule has 2 amide bonds. The summed E-state index contributed by atoms with van der Waals surface area (Å²) in [6.07, 6.45) is 2.96. The van der Waals surface area contributed by atoms with Crippen LogP contribution >= 0.6 is 0 Å². The molecule has 0 saturated heterocycles. The van der Waals surface area contributed by atoms with Crippen LogP contribution in [0.25, 0.3) is 6.08 Å². The van der Waals surface area contributed by atoms with Gasteiger partial charge >= 0.3 is 0 Å². The van der Waals surface area contributed by atoms with E-state index in [1.165, 1.54) is 19.4 Å². The molecule has 5 nitrogen and oxygen atoms in total. The van der Waals surface area contributed by atoms with Gasteiger partial charge in [0.2, 0.25) is 0 Å². The molecule has 102 valence electrons. The van der Waals surface area contributed by atoms with E-state index in [1.54, 1.807) is 36.4 Å². The molecule has 0 saturated carbocycles. The van der Waals surface area contributed by atoms with Gasteiger partial charge < -0.3 is 15.1 Å². The van der Waals surface area contributed by atoms with Gasteiger partial charge in [-0.05, 0) is 24.3 Å². The van der Waals surface area contributed by atoms with Crippen LogP contribution in [0, 0.1) is 0 Å². The highest BCUT2D eigenvalue weighted by Crippen LogP contribution is 2.07. The Kier molecular flexibility index (Phi) is 4.34. The van der Waals surface area contributed by atoms with Gasteiger partial charge in [-0.2, -0.15) is 0 Å². The summed E-state index contributed by atoms with van der Waals surface area (Å²) in [7, 11) is 1.49. The normalized spacial score (nSPS) is 10.9. The van der Waals surface area contributed by atoms with E-state index in [9.17, 15) is 9.59 Å². The number of carbonyl (C=O) groups is 2. The number of benzene rings is 1. The summed E-state index contributed by atoms with van der Waals surface area (Å²) >= 11 is 0. The summed E-state index contributed by atoms with van der Waals surface area (Å²) in [4.78, 5) is 23.8. The third-order valence-corrected chi connectivity index (χ3v) is 2.59. The SMILES string of the molecule is CNC(=O)C(=Cc1ccco1)NC(=O)c1ccccc1. The van der Waals surface area contributed by atoms with Crippen molar-refractivity contribution < 1.29 is 14.0 Å². The first kappa shape index (κ1) is 13.6. The molecule has 0 aliphatic rings. The lowest BCUT2D eigenvalue weighted by atomic mass is 10.2. The van der Waals surface area contributed by atoms with Crippen LogP contribution in [0.5, 0.6) is 0 Å². The van der Waals surface area contributed by atoms with E-state index in [-0.39, 0.29) is 11.6 Å². The molecule has 0 fully saturated rings. The topological polar surface area (TPSA) is 71.3 Å². The van der Waals surface area contributed by atoms with Crippen LogP contribution < -0.4 is 10.6 Å². The molecule has 2 aromatic rings. The minimum atomic E-state index is -0.398. The molecule has 0 spiro atoms. The monoisotopic (exact) mass is 270 g/mol. The molecular weight excluding hydrogens is 256 g/mol. The highest BCUT2D eigenvalue weighted by atomic mass is 16.3. The van der Waals surface area contributed by atoms with E-state index in [1.807, 2.05) is 6.07 Å². The van der Waals surface area contributed by atoms with Crippen molar-refractivity contribution in [2.75, 3.05) is 7.05 Å². The minimum Gasteiger partial charge on any atom is -0.465 e. The second-order valence-electron chi connectivity index (χ2n) is 3.97. The average Bonchev–Trinajstić information content (AvgIpc) is 2.99.